The van der Waals surface area contributed by atoms with Gasteiger partial charge in [0.15, 0.2) is 11.5 Å². The molecular formula is C23H35NO4. The van der Waals surface area contributed by atoms with E-state index in [0.717, 1.165) is 56.9 Å². The summed E-state index contributed by atoms with van der Waals surface area (Å²) in [5, 5.41) is 10.9. The summed E-state index contributed by atoms with van der Waals surface area (Å²) in [4.78, 5) is 2.57. The standard InChI is InChI=1S/C23H35NO4/c1-23(2,3)12-16-13-24-7-5-15-9-22(28-17-6-8-27-14-17)21(26-4)10-18(15)19(24)11-20(16)25/h9-10,16-17,19-20,25H,5-8,11-14H2,1-4H3/t16-,17-,19?,20-/m1/s1. The lowest BCUT2D eigenvalue weighted by atomic mass is 9.75. The highest BCUT2D eigenvalue weighted by molar-refractivity contribution is 5.50. The third-order valence-electron chi connectivity index (χ3n) is 6.43. The fourth-order valence-electron chi connectivity index (χ4n) is 5.12. The first-order chi connectivity index (χ1) is 13.3. The number of aliphatic hydroxyl groups is 1. The molecule has 0 amide bonds. The predicted molar refractivity (Wildman–Crippen MR) is 109 cm³/mol. The van der Waals surface area contributed by atoms with Gasteiger partial charge in [-0.25, -0.2) is 0 Å². The van der Waals surface area contributed by atoms with E-state index in [9.17, 15) is 5.11 Å². The normalized spacial score (nSPS) is 30.6. The van der Waals surface area contributed by atoms with Crippen molar-refractivity contribution >= 4 is 0 Å². The zero-order chi connectivity index (χ0) is 19.9. The van der Waals surface area contributed by atoms with Crippen molar-refractivity contribution in [2.75, 3.05) is 33.4 Å². The number of hydrogen-bond acceptors (Lipinski definition) is 5. The number of piperidine rings is 1. The molecule has 28 heavy (non-hydrogen) atoms. The molecule has 1 N–H and O–H groups in total. The summed E-state index contributed by atoms with van der Waals surface area (Å²) >= 11 is 0. The lowest BCUT2D eigenvalue weighted by Crippen LogP contribution is -2.48. The summed E-state index contributed by atoms with van der Waals surface area (Å²) in [5.74, 6) is 1.97. The Morgan fingerprint density at radius 3 is 2.75 bits per heavy atom. The molecule has 0 spiro atoms. The van der Waals surface area contributed by atoms with Crippen LogP contribution in [0.1, 0.15) is 57.2 Å². The molecule has 3 aliphatic heterocycles. The number of hydrogen-bond donors (Lipinski definition) is 1. The Morgan fingerprint density at radius 1 is 1.25 bits per heavy atom. The second-order valence-electron chi connectivity index (χ2n) is 9.89. The van der Waals surface area contributed by atoms with Gasteiger partial charge in [-0.2, -0.15) is 0 Å². The van der Waals surface area contributed by atoms with Crippen LogP contribution in [0.3, 0.4) is 0 Å². The minimum Gasteiger partial charge on any atom is -0.493 e. The number of aliphatic hydroxyl groups excluding tert-OH is 1. The van der Waals surface area contributed by atoms with Gasteiger partial charge >= 0.3 is 0 Å². The first-order valence-electron chi connectivity index (χ1n) is 10.7. The van der Waals surface area contributed by atoms with E-state index in [1.807, 2.05) is 0 Å². The molecule has 2 fully saturated rings. The average molecular weight is 390 g/mol. The summed E-state index contributed by atoms with van der Waals surface area (Å²) in [7, 11) is 1.70. The fourth-order valence-corrected chi connectivity index (χ4v) is 5.12. The maximum atomic E-state index is 10.9. The van der Waals surface area contributed by atoms with E-state index in [1.54, 1.807) is 7.11 Å². The molecule has 0 saturated carbocycles. The molecule has 156 valence electrons. The molecule has 0 aromatic heterocycles. The third-order valence-corrected chi connectivity index (χ3v) is 6.43. The molecule has 5 heteroatoms. The molecule has 2 saturated heterocycles. The quantitative estimate of drug-likeness (QED) is 0.853. The van der Waals surface area contributed by atoms with Crippen LogP contribution in [0.2, 0.25) is 0 Å². The average Bonchev–Trinajstić information content (AvgIpc) is 3.14. The van der Waals surface area contributed by atoms with Crippen molar-refractivity contribution in [2.45, 2.75) is 64.7 Å². The van der Waals surface area contributed by atoms with Crippen molar-refractivity contribution in [3.05, 3.63) is 23.3 Å². The number of rotatable bonds is 4. The van der Waals surface area contributed by atoms with Gasteiger partial charge in [0.2, 0.25) is 0 Å². The van der Waals surface area contributed by atoms with Crippen molar-refractivity contribution in [3.63, 3.8) is 0 Å². The van der Waals surface area contributed by atoms with E-state index in [1.165, 1.54) is 11.1 Å². The van der Waals surface area contributed by atoms with Crippen LogP contribution < -0.4 is 9.47 Å². The Morgan fingerprint density at radius 2 is 2.07 bits per heavy atom. The molecule has 4 atom stereocenters. The van der Waals surface area contributed by atoms with E-state index in [-0.39, 0.29) is 23.7 Å². The van der Waals surface area contributed by atoms with Crippen LogP contribution in [0.25, 0.3) is 0 Å². The zero-order valence-corrected chi connectivity index (χ0v) is 17.7. The maximum absolute atomic E-state index is 10.9. The Kier molecular flexibility index (Phi) is 5.60. The van der Waals surface area contributed by atoms with Crippen molar-refractivity contribution in [2.24, 2.45) is 11.3 Å². The highest BCUT2D eigenvalue weighted by atomic mass is 16.6. The van der Waals surface area contributed by atoms with Crippen LogP contribution >= 0.6 is 0 Å². The van der Waals surface area contributed by atoms with Crippen LogP contribution in [-0.2, 0) is 11.2 Å². The third kappa shape index (κ3) is 4.17. The largest absolute Gasteiger partial charge is 0.493 e. The van der Waals surface area contributed by atoms with Gasteiger partial charge in [0, 0.05) is 25.6 Å². The highest BCUT2D eigenvalue weighted by Gasteiger charge is 2.40. The summed E-state index contributed by atoms with van der Waals surface area (Å²) in [5.41, 5.74) is 2.87. The van der Waals surface area contributed by atoms with Crippen LogP contribution in [0.15, 0.2) is 12.1 Å². The van der Waals surface area contributed by atoms with Gasteiger partial charge < -0.3 is 19.3 Å². The number of methoxy groups -OCH3 is 1. The van der Waals surface area contributed by atoms with Gasteiger partial charge in [-0.15, -0.1) is 0 Å². The van der Waals surface area contributed by atoms with Gasteiger partial charge in [-0.1, -0.05) is 20.8 Å². The molecule has 1 aromatic rings. The molecule has 1 aromatic carbocycles. The van der Waals surface area contributed by atoms with E-state index < -0.39 is 0 Å². The van der Waals surface area contributed by atoms with Gasteiger partial charge in [0.05, 0.1) is 26.4 Å². The molecule has 4 rings (SSSR count). The number of fused-ring (bicyclic) bond motifs is 3. The molecule has 0 aliphatic carbocycles. The minimum atomic E-state index is -0.246. The molecule has 3 heterocycles. The first-order valence-corrected chi connectivity index (χ1v) is 10.7. The van der Waals surface area contributed by atoms with Crippen LogP contribution in [0.4, 0.5) is 0 Å². The van der Waals surface area contributed by atoms with Gasteiger partial charge in [0.25, 0.3) is 0 Å². The molecule has 1 unspecified atom stereocenters. The van der Waals surface area contributed by atoms with Crippen molar-refractivity contribution < 1.29 is 19.3 Å². The Balaban J connectivity index is 1.55. The minimum absolute atomic E-state index is 0.113. The van der Waals surface area contributed by atoms with E-state index in [2.05, 4.69) is 37.8 Å². The van der Waals surface area contributed by atoms with Gasteiger partial charge in [-0.05, 0) is 53.9 Å². The SMILES string of the molecule is COc1cc2c(cc1O[C@@H]1CCOC1)CCN1C[C@@H](CC(C)(C)C)[C@H](O)CC21. The number of ether oxygens (including phenoxy) is 3. The fraction of sp³-hybridized carbons (Fsp3) is 0.739. The van der Waals surface area contributed by atoms with E-state index in [0.29, 0.717) is 12.5 Å². The van der Waals surface area contributed by atoms with Gasteiger partial charge in [0.1, 0.15) is 6.10 Å². The molecule has 5 nitrogen and oxygen atoms in total. The Labute approximate surface area is 169 Å². The van der Waals surface area contributed by atoms with Crippen molar-refractivity contribution in [3.8, 4) is 11.5 Å². The topological polar surface area (TPSA) is 51.2 Å². The molecule has 0 radical (unpaired) electrons. The maximum Gasteiger partial charge on any atom is 0.162 e. The lowest BCUT2D eigenvalue weighted by molar-refractivity contribution is -0.0259. The Hall–Kier alpha value is -1.30. The van der Waals surface area contributed by atoms with E-state index >= 15 is 0 Å². The second kappa shape index (κ2) is 7.85. The summed E-state index contributed by atoms with van der Waals surface area (Å²) in [6, 6.07) is 4.58. The van der Waals surface area contributed by atoms with Crippen LogP contribution in [0, 0.1) is 11.3 Å². The smallest absolute Gasteiger partial charge is 0.162 e. The van der Waals surface area contributed by atoms with Crippen molar-refractivity contribution in [1.82, 2.24) is 4.90 Å². The summed E-state index contributed by atoms with van der Waals surface area (Å²) < 4.78 is 17.3. The van der Waals surface area contributed by atoms with E-state index in [4.69, 9.17) is 14.2 Å². The molecule has 3 aliphatic rings. The second-order valence-corrected chi connectivity index (χ2v) is 9.89. The number of benzene rings is 1. The number of nitrogens with zero attached hydrogens (tertiary/aromatic N) is 1. The predicted octanol–water partition coefficient (Wildman–Crippen LogP) is 3.58. The monoisotopic (exact) mass is 389 g/mol. The summed E-state index contributed by atoms with van der Waals surface area (Å²) in [6.07, 6.45) is 3.67. The van der Waals surface area contributed by atoms with Crippen LogP contribution in [0.5, 0.6) is 11.5 Å². The Bertz CT molecular complexity index is 693. The van der Waals surface area contributed by atoms with Gasteiger partial charge in [-0.3, -0.25) is 4.90 Å². The van der Waals surface area contributed by atoms with Crippen LogP contribution in [-0.4, -0.2) is 55.6 Å². The first kappa shape index (κ1) is 20.0. The van der Waals surface area contributed by atoms with Crippen molar-refractivity contribution in [1.29, 1.82) is 0 Å². The summed E-state index contributed by atoms with van der Waals surface area (Å²) in [6.45, 7) is 10.2. The highest BCUT2D eigenvalue weighted by Crippen LogP contribution is 2.44. The molecular weight excluding hydrogens is 354 g/mol. The molecule has 0 bridgehead atoms. The lowest BCUT2D eigenvalue weighted by Gasteiger charge is -2.47. The zero-order valence-electron chi connectivity index (χ0n) is 17.7.